The molecule has 0 spiro atoms. The largest absolute Gasteiger partial charge is 0.481 e. The first-order valence-electron chi connectivity index (χ1n) is 8.28. The maximum atomic E-state index is 13.8. The zero-order valence-corrected chi connectivity index (χ0v) is 16.9. The molecule has 0 atom stereocenters. The van der Waals surface area contributed by atoms with Gasteiger partial charge in [-0.25, -0.2) is 18.1 Å². The second-order valence-electron chi connectivity index (χ2n) is 6.38. The van der Waals surface area contributed by atoms with Gasteiger partial charge in [-0.2, -0.15) is 4.98 Å². The Labute approximate surface area is 165 Å². The minimum Gasteiger partial charge on any atom is -0.481 e. The highest BCUT2D eigenvalue weighted by atomic mass is 32.2. The van der Waals surface area contributed by atoms with Crippen molar-refractivity contribution < 1.29 is 13.5 Å². The number of halogens is 2. The van der Waals surface area contributed by atoms with Gasteiger partial charge < -0.3 is 14.8 Å². The summed E-state index contributed by atoms with van der Waals surface area (Å²) in [5.41, 5.74) is 0.399. The lowest BCUT2D eigenvalue weighted by Crippen LogP contribution is -2.64. The second-order valence-corrected chi connectivity index (χ2v) is 8.23. The summed E-state index contributed by atoms with van der Waals surface area (Å²) in [6.07, 6.45) is 0. The highest BCUT2D eigenvalue weighted by Crippen LogP contribution is 2.30. The van der Waals surface area contributed by atoms with Crippen LogP contribution < -0.4 is 14.8 Å². The number of rotatable bonds is 8. The molecule has 0 unspecified atom stereocenters. The summed E-state index contributed by atoms with van der Waals surface area (Å²) in [4.78, 5) is 8.67. The standard InChI is InChI=1S/C17H21F2N5OS2/c1-17(20-2)9-24(10-17)27-23-13-7-14(25-3)22-16(21-13)26-8-11-5-4-6-12(18)15(11)19/h4-7,20H,8-10H2,1-3H3,(H,21,22,23). The number of hydrogen-bond acceptors (Lipinski definition) is 8. The van der Waals surface area contributed by atoms with E-state index >= 15 is 0 Å². The SMILES string of the molecule is CNC1(C)CN(SNc2cc(OC)nc(SCc3cccc(F)c3F)n2)C1. The fourth-order valence-corrected chi connectivity index (χ4v) is 4.34. The van der Waals surface area contributed by atoms with E-state index in [1.807, 2.05) is 7.05 Å². The molecule has 2 aromatic rings. The number of benzene rings is 1. The van der Waals surface area contributed by atoms with Crippen molar-refractivity contribution in [3.8, 4) is 5.88 Å². The topological polar surface area (TPSA) is 62.3 Å². The number of likely N-dealkylation sites (N-methyl/N-ethyl adjacent to an activating group) is 1. The van der Waals surface area contributed by atoms with Crippen molar-refractivity contribution in [3.63, 3.8) is 0 Å². The molecule has 0 radical (unpaired) electrons. The van der Waals surface area contributed by atoms with Crippen LogP contribution in [0.2, 0.25) is 0 Å². The Balaban J connectivity index is 1.62. The summed E-state index contributed by atoms with van der Waals surface area (Å²) >= 11 is 2.68. The zero-order chi connectivity index (χ0) is 19.4. The van der Waals surface area contributed by atoms with E-state index in [4.69, 9.17) is 4.74 Å². The van der Waals surface area contributed by atoms with Gasteiger partial charge in [0.2, 0.25) is 5.88 Å². The number of nitrogens with one attached hydrogen (secondary N) is 2. The van der Waals surface area contributed by atoms with E-state index in [0.717, 1.165) is 19.2 Å². The van der Waals surface area contributed by atoms with Crippen LogP contribution in [0.5, 0.6) is 5.88 Å². The van der Waals surface area contributed by atoms with Gasteiger partial charge in [-0.1, -0.05) is 23.9 Å². The Kier molecular flexibility index (Phi) is 6.40. The fraction of sp³-hybridized carbons (Fsp3) is 0.412. The molecule has 0 bridgehead atoms. The van der Waals surface area contributed by atoms with Crippen molar-refractivity contribution in [1.82, 2.24) is 19.6 Å². The molecule has 0 amide bonds. The van der Waals surface area contributed by atoms with Gasteiger partial charge in [-0.3, -0.25) is 0 Å². The van der Waals surface area contributed by atoms with Crippen LogP contribution in [0.15, 0.2) is 29.4 Å². The third-order valence-electron chi connectivity index (χ3n) is 4.21. The van der Waals surface area contributed by atoms with Crippen LogP contribution >= 0.6 is 23.9 Å². The minimum absolute atomic E-state index is 0.133. The van der Waals surface area contributed by atoms with Crippen LogP contribution in [0.4, 0.5) is 14.6 Å². The molecule has 1 aliphatic rings. The summed E-state index contributed by atoms with van der Waals surface area (Å²) in [6, 6.07) is 5.82. The highest BCUT2D eigenvalue weighted by molar-refractivity contribution is 7.98. The summed E-state index contributed by atoms with van der Waals surface area (Å²) < 4.78 is 37.7. The molecule has 27 heavy (non-hydrogen) atoms. The molecule has 1 aliphatic heterocycles. The van der Waals surface area contributed by atoms with E-state index in [1.165, 1.54) is 37.1 Å². The summed E-state index contributed by atoms with van der Waals surface area (Å²) in [5.74, 6) is -0.490. The Morgan fingerprint density at radius 2 is 2.07 bits per heavy atom. The summed E-state index contributed by atoms with van der Waals surface area (Å²) in [5, 5.41) is 3.71. The molecular weight excluding hydrogens is 392 g/mol. The van der Waals surface area contributed by atoms with Crippen molar-refractivity contribution in [2.75, 3.05) is 32.0 Å². The maximum Gasteiger partial charge on any atom is 0.219 e. The third kappa shape index (κ3) is 5.01. The van der Waals surface area contributed by atoms with Gasteiger partial charge in [0.05, 0.1) is 7.11 Å². The zero-order valence-electron chi connectivity index (χ0n) is 15.3. The Bertz CT molecular complexity index is 805. The van der Waals surface area contributed by atoms with E-state index in [0.29, 0.717) is 16.9 Å². The molecule has 0 aliphatic carbocycles. The normalized spacial score (nSPS) is 16.0. The highest BCUT2D eigenvalue weighted by Gasteiger charge is 2.37. The van der Waals surface area contributed by atoms with Crippen LogP contribution in [-0.2, 0) is 5.75 Å². The lowest BCUT2D eigenvalue weighted by atomic mass is 9.96. The van der Waals surface area contributed by atoms with Crippen molar-refractivity contribution in [2.45, 2.75) is 23.4 Å². The average molecular weight is 414 g/mol. The van der Waals surface area contributed by atoms with Crippen LogP contribution in [0.25, 0.3) is 0 Å². The summed E-state index contributed by atoms with van der Waals surface area (Å²) in [7, 11) is 3.48. The molecule has 146 valence electrons. The van der Waals surface area contributed by atoms with Crippen LogP contribution in [0.3, 0.4) is 0 Å². The molecule has 0 saturated carbocycles. The first-order valence-corrected chi connectivity index (χ1v) is 10.0. The number of ether oxygens (including phenoxy) is 1. The van der Waals surface area contributed by atoms with Crippen LogP contribution in [-0.4, -0.2) is 47.1 Å². The molecule has 2 N–H and O–H groups in total. The lowest BCUT2D eigenvalue weighted by Gasteiger charge is -2.46. The van der Waals surface area contributed by atoms with Gasteiger partial charge in [0, 0.05) is 48.1 Å². The van der Waals surface area contributed by atoms with Gasteiger partial charge in [0.1, 0.15) is 5.82 Å². The van der Waals surface area contributed by atoms with E-state index in [-0.39, 0.29) is 16.9 Å². The summed E-state index contributed by atoms with van der Waals surface area (Å²) in [6.45, 7) is 3.98. The number of anilines is 1. The van der Waals surface area contributed by atoms with Gasteiger partial charge in [-0.15, -0.1) is 0 Å². The second kappa shape index (κ2) is 8.59. The van der Waals surface area contributed by atoms with Gasteiger partial charge >= 0.3 is 0 Å². The molecule has 1 fully saturated rings. The smallest absolute Gasteiger partial charge is 0.219 e. The van der Waals surface area contributed by atoms with Crippen molar-refractivity contribution in [1.29, 1.82) is 0 Å². The van der Waals surface area contributed by atoms with Crippen molar-refractivity contribution in [2.24, 2.45) is 0 Å². The van der Waals surface area contributed by atoms with Crippen LogP contribution in [0.1, 0.15) is 12.5 Å². The molecule has 2 heterocycles. The fourth-order valence-electron chi connectivity index (χ4n) is 2.49. The maximum absolute atomic E-state index is 13.8. The minimum atomic E-state index is -0.860. The average Bonchev–Trinajstić information content (AvgIpc) is 2.65. The number of thioether (sulfide) groups is 1. The van der Waals surface area contributed by atoms with E-state index in [1.54, 1.807) is 12.1 Å². The number of aromatic nitrogens is 2. The molecule has 10 heteroatoms. The quantitative estimate of drug-likeness (QED) is 0.388. The molecule has 1 aromatic heterocycles. The number of nitrogens with zero attached hydrogens (tertiary/aromatic N) is 3. The molecular formula is C17H21F2N5OS2. The van der Waals surface area contributed by atoms with Crippen LogP contribution in [0, 0.1) is 11.6 Å². The Morgan fingerprint density at radius 3 is 2.78 bits per heavy atom. The molecule has 1 saturated heterocycles. The molecule has 3 rings (SSSR count). The van der Waals surface area contributed by atoms with Crippen molar-refractivity contribution in [3.05, 3.63) is 41.5 Å². The van der Waals surface area contributed by atoms with Gasteiger partial charge in [0.25, 0.3) is 0 Å². The monoisotopic (exact) mass is 413 g/mol. The molecule has 6 nitrogen and oxygen atoms in total. The number of methoxy groups -OCH3 is 1. The third-order valence-corrected chi connectivity index (χ3v) is 5.93. The first kappa shape index (κ1) is 20.1. The van der Waals surface area contributed by atoms with Crippen molar-refractivity contribution >= 4 is 29.7 Å². The lowest BCUT2D eigenvalue weighted by molar-refractivity contribution is 0.156. The van der Waals surface area contributed by atoms with E-state index in [2.05, 4.69) is 31.2 Å². The first-order chi connectivity index (χ1) is 12.9. The number of hydrogen-bond donors (Lipinski definition) is 2. The predicted molar refractivity (Wildman–Crippen MR) is 105 cm³/mol. The van der Waals surface area contributed by atoms with E-state index in [9.17, 15) is 8.78 Å². The Morgan fingerprint density at radius 1 is 1.30 bits per heavy atom. The predicted octanol–water partition coefficient (Wildman–Crippen LogP) is 3.32. The molecule has 1 aromatic carbocycles. The van der Waals surface area contributed by atoms with E-state index < -0.39 is 11.6 Å². The van der Waals surface area contributed by atoms with Gasteiger partial charge in [0.15, 0.2) is 16.8 Å². The van der Waals surface area contributed by atoms with Gasteiger partial charge in [-0.05, 0) is 20.0 Å². The Hall–Kier alpha value is -1.62.